The smallest absolute Gasteiger partial charge is 0.242 e. The molecule has 0 saturated carbocycles. The Labute approximate surface area is 113 Å². The van der Waals surface area contributed by atoms with Crippen LogP contribution in [-0.4, -0.2) is 31.7 Å². The maximum atomic E-state index is 11.6. The van der Waals surface area contributed by atoms with Crippen LogP contribution in [0.5, 0.6) is 11.5 Å². The molecule has 5 heteroatoms. The van der Waals surface area contributed by atoms with Crippen LogP contribution in [0.1, 0.15) is 20.3 Å². The lowest BCUT2D eigenvalue weighted by Crippen LogP contribution is -2.29. The van der Waals surface area contributed by atoms with Crippen molar-refractivity contribution in [1.82, 2.24) is 5.32 Å². The van der Waals surface area contributed by atoms with Gasteiger partial charge in [0.25, 0.3) is 0 Å². The Hall–Kier alpha value is -1.91. The largest absolute Gasteiger partial charge is 0.497 e. The highest BCUT2D eigenvalue weighted by atomic mass is 16.5. The van der Waals surface area contributed by atoms with E-state index in [4.69, 9.17) is 9.47 Å². The molecule has 1 aliphatic heterocycles. The standard InChI is InChI=1S/C14H20N2O3/c1-9(2)19-13-5-4-10(18-3)8-12(13)16-11-6-7-15-14(11)17/h4-5,8-9,11,16H,6-7H2,1-3H3,(H,15,17)/t11-/m0/s1. The van der Waals surface area contributed by atoms with Gasteiger partial charge in [-0.25, -0.2) is 0 Å². The quantitative estimate of drug-likeness (QED) is 0.851. The molecule has 0 unspecified atom stereocenters. The molecular formula is C14H20N2O3. The Morgan fingerprint density at radius 1 is 1.42 bits per heavy atom. The summed E-state index contributed by atoms with van der Waals surface area (Å²) in [6.45, 7) is 4.65. The fraction of sp³-hybridized carbons (Fsp3) is 0.500. The Kier molecular flexibility index (Phi) is 4.14. The molecule has 0 spiro atoms. The van der Waals surface area contributed by atoms with Crippen LogP contribution in [0.15, 0.2) is 18.2 Å². The van der Waals surface area contributed by atoms with Crippen molar-refractivity contribution in [3.05, 3.63) is 18.2 Å². The summed E-state index contributed by atoms with van der Waals surface area (Å²) in [5, 5.41) is 6.03. The van der Waals surface area contributed by atoms with Crippen LogP contribution in [0.3, 0.4) is 0 Å². The second-order valence-electron chi connectivity index (χ2n) is 4.81. The fourth-order valence-electron chi connectivity index (χ4n) is 2.02. The lowest BCUT2D eigenvalue weighted by atomic mass is 10.2. The topological polar surface area (TPSA) is 59.6 Å². The highest BCUT2D eigenvalue weighted by molar-refractivity contribution is 5.87. The summed E-state index contributed by atoms with van der Waals surface area (Å²) in [5.41, 5.74) is 0.787. The number of anilines is 1. The van der Waals surface area contributed by atoms with E-state index in [-0.39, 0.29) is 18.1 Å². The third-order valence-electron chi connectivity index (χ3n) is 2.93. The van der Waals surface area contributed by atoms with Crippen molar-refractivity contribution in [2.24, 2.45) is 0 Å². The molecule has 1 aromatic rings. The van der Waals surface area contributed by atoms with Crippen molar-refractivity contribution < 1.29 is 14.3 Å². The van der Waals surface area contributed by atoms with Gasteiger partial charge in [0.15, 0.2) is 0 Å². The summed E-state index contributed by atoms with van der Waals surface area (Å²) in [7, 11) is 1.62. The van der Waals surface area contributed by atoms with Crippen molar-refractivity contribution in [1.29, 1.82) is 0 Å². The zero-order chi connectivity index (χ0) is 13.8. The van der Waals surface area contributed by atoms with E-state index in [1.807, 2.05) is 32.0 Å². The van der Waals surface area contributed by atoms with E-state index >= 15 is 0 Å². The average molecular weight is 264 g/mol. The van der Waals surface area contributed by atoms with Crippen molar-refractivity contribution in [3.8, 4) is 11.5 Å². The molecule has 1 atom stereocenters. The van der Waals surface area contributed by atoms with Gasteiger partial charge in [-0.2, -0.15) is 0 Å². The van der Waals surface area contributed by atoms with Crippen LogP contribution >= 0.6 is 0 Å². The predicted molar refractivity (Wildman–Crippen MR) is 73.8 cm³/mol. The van der Waals surface area contributed by atoms with Gasteiger partial charge < -0.3 is 20.1 Å². The number of hydrogen-bond acceptors (Lipinski definition) is 4. The molecular weight excluding hydrogens is 244 g/mol. The van der Waals surface area contributed by atoms with Gasteiger partial charge in [-0.15, -0.1) is 0 Å². The van der Waals surface area contributed by atoms with E-state index < -0.39 is 0 Å². The minimum Gasteiger partial charge on any atom is -0.497 e. The lowest BCUT2D eigenvalue weighted by molar-refractivity contribution is -0.119. The van der Waals surface area contributed by atoms with Gasteiger partial charge in [0.1, 0.15) is 17.5 Å². The van der Waals surface area contributed by atoms with Gasteiger partial charge >= 0.3 is 0 Å². The lowest BCUT2D eigenvalue weighted by Gasteiger charge is -2.18. The van der Waals surface area contributed by atoms with E-state index in [0.29, 0.717) is 6.54 Å². The first kappa shape index (κ1) is 13.5. The number of benzene rings is 1. The minimum absolute atomic E-state index is 0.0262. The maximum Gasteiger partial charge on any atom is 0.242 e. The highest BCUT2D eigenvalue weighted by Crippen LogP contribution is 2.31. The van der Waals surface area contributed by atoms with Crippen LogP contribution in [-0.2, 0) is 4.79 Å². The van der Waals surface area contributed by atoms with E-state index in [0.717, 1.165) is 23.6 Å². The van der Waals surface area contributed by atoms with E-state index in [2.05, 4.69) is 10.6 Å². The first-order valence-corrected chi connectivity index (χ1v) is 6.49. The van der Waals surface area contributed by atoms with Crippen molar-refractivity contribution in [3.63, 3.8) is 0 Å². The third kappa shape index (κ3) is 3.30. The van der Waals surface area contributed by atoms with Crippen LogP contribution in [0, 0.1) is 0 Å². The molecule has 1 saturated heterocycles. The van der Waals surface area contributed by atoms with E-state index in [9.17, 15) is 4.79 Å². The van der Waals surface area contributed by atoms with Crippen LogP contribution in [0.25, 0.3) is 0 Å². The Morgan fingerprint density at radius 2 is 2.21 bits per heavy atom. The second kappa shape index (κ2) is 5.82. The number of amides is 1. The van der Waals surface area contributed by atoms with Gasteiger partial charge in [-0.3, -0.25) is 4.79 Å². The third-order valence-corrected chi connectivity index (χ3v) is 2.93. The van der Waals surface area contributed by atoms with Crippen molar-refractivity contribution in [2.75, 3.05) is 19.0 Å². The molecule has 0 radical (unpaired) electrons. The highest BCUT2D eigenvalue weighted by Gasteiger charge is 2.25. The number of carbonyl (C=O) groups is 1. The molecule has 0 aliphatic carbocycles. The van der Waals surface area contributed by atoms with Gasteiger partial charge in [0, 0.05) is 12.6 Å². The molecule has 1 aromatic carbocycles. The number of nitrogens with one attached hydrogen (secondary N) is 2. The normalized spacial score (nSPS) is 18.3. The predicted octanol–water partition coefficient (Wildman–Crippen LogP) is 1.78. The fourth-order valence-corrected chi connectivity index (χ4v) is 2.02. The first-order valence-electron chi connectivity index (χ1n) is 6.49. The van der Waals surface area contributed by atoms with Crippen molar-refractivity contribution >= 4 is 11.6 Å². The van der Waals surface area contributed by atoms with Gasteiger partial charge in [-0.1, -0.05) is 0 Å². The summed E-state index contributed by atoms with van der Waals surface area (Å²) in [6.07, 6.45) is 0.850. The van der Waals surface area contributed by atoms with E-state index in [1.54, 1.807) is 7.11 Å². The number of hydrogen-bond donors (Lipinski definition) is 2. The molecule has 1 amide bonds. The molecule has 104 valence electrons. The molecule has 5 nitrogen and oxygen atoms in total. The average Bonchev–Trinajstić information content (AvgIpc) is 2.76. The second-order valence-corrected chi connectivity index (χ2v) is 4.81. The molecule has 1 fully saturated rings. The molecule has 0 aromatic heterocycles. The Bertz CT molecular complexity index is 460. The maximum absolute atomic E-state index is 11.6. The number of ether oxygens (including phenoxy) is 2. The van der Waals surface area contributed by atoms with Gasteiger partial charge in [0.2, 0.25) is 5.91 Å². The SMILES string of the molecule is COc1ccc(OC(C)C)c(N[C@H]2CCNC2=O)c1. The monoisotopic (exact) mass is 264 g/mol. The number of carbonyl (C=O) groups excluding carboxylic acids is 1. The van der Waals surface area contributed by atoms with E-state index in [1.165, 1.54) is 0 Å². The summed E-state index contributed by atoms with van der Waals surface area (Å²) in [6, 6.07) is 5.34. The Morgan fingerprint density at radius 3 is 2.79 bits per heavy atom. The summed E-state index contributed by atoms with van der Waals surface area (Å²) < 4.78 is 11.0. The van der Waals surface area contributed by atoms with Gasteiger partial charge in [-0.05, 0) is 32.4 Å². The van der Waals surface area contributed by atoms with Crippen LogP contribution in [0.4, 0.5) is 5.69 Å². The molecule has 0 bridgehead atoms. The van der Waals surface area contributed by atoms with Crippen LogP contribution < -0.4 is 20.1 Å². The summed E-state index contributed by atoms with van der Waals surface area (Å²) in [5.74, 6) is 1.49. The van der Waals surface area contributed by atoms with Gasteiger partial charge in [0.05, 0.1) is 18.9 Å². The minimum atomic E-state index is -0.207. The summed E-state index contributed by atoms with van der Waals surface area (Å²) >= 11 is 0. The summed E-state index contributed by atoms with van der Waals surface area (Å²) in [4.78, 5) is 11.6. The zero-order valence-corrected chi connectivity index (χ0v) is 11.5. The molecule has 1 heterocycles. The number of methoxy groups -OCH3 is 1. The molecule has 2 rings (SSSR count). The zero-order valence-electron chi connectivity index (χ0n) is 11.5. The molecule has 19 heavy (non-hydrogen) atoms. The van der Waals surface area contributed by atoms with Crippen molar-refractivity contribution in [2.45, 2.75) is 32.4 Å². The Balaban J connectivity index is 2.21. The first-order chi connectivity index (χ1) is 9.10. The van der Waals surface area contributed by atoms with Crippen LogP contribution in [0.2, 0.25) is 0 Å². The molecule has 2 N–H and O–H groups in total. The molecule has 1 aliphatic rings. The number of rotatable bonds is 5.